The molecule has 0 atom stereocenters. The first kappa shape index (κ1) is 17.5. The van der Waals surface area contributed by atoms with Crippen molar-refractivity contribution in [2.45, 2.75) is 19.3 Å². The summed E-state index contributed by atoms with van der Waals surface area (Å²) < 4.78 is 0. The van der Waals surface area contributed by atoms with Gasteiger partial charge < -0.3 is 14.8 Å². The van der Waals surface area contributed by atoms with E-state index in [2.05, 4.69) is 70.4 Å². The zero-order valence-corrected chi connectivity index (χ0v) is 15.3. The molecule has 0 fully saturated rings. The Morgan fingerprint density at radius 3 is 2.60 bits per heavy atom. The quantitative estimate of drug-likeness (QED) is 0.601. The minimum atomic E-state index is 0.996. The van der Waals surface area contributed by atoms with Gasteiger partial charge >= 0.3 is 0 Å². The van der Waals surface area contributed by atoms with Crippen LogP contribution in [0, 0.1) is 0 Å². The topological polar surface area (TPSA) is 35.2 Å². The number of para-hydroxylation sites is 1. The first-order valence-corrected chi connectivity index (χ1v) is 9.10. The molecule has 3 rings (SSSR count). The van der Waals surface area contributed by atoms with E-state index >= 15 is 0 Å². The molecule has 0 radical (unpaired) electrons. The van der Waals surface area contributed by atoms with Crippen LogP contribution >= 0.6 is 0 Å². The number of unbranched alkanes of at least 4 members (excludes halogenated alkanes) is 1. The van der Waals surface area contributed by atoms with Gasteiger partial charge in [-0.05, 0) is 56.6 Å². The molecule has 25 heavy (non-hydrogen) atoms. The van der Waals surface area contributed by atoms with Crippen LogP contribution < -0.4 is 4.90 Å². The van der Waals surface area contributed by atoms with E-state index in [1.54, 1.807) is 0 Å². The fourth-order valence-electron chi connectivity index (χ4n) is 3.16. The van der Waals surface area contributed by atoms with Gasteiger partial charge in [0.05, 0.1) is 0 Å². The molecule has 3 aromatic rings. The van der Waals surface area contributed by atoms with Crippen LogP contribution in [0.2, 0.25) is 0 Å². The predicted octanol–water partition coefficient (Wildman–Crippen LogP) is 3.95. The van der Waals surface area contributed by atoms with Gasteiger partial charge in [0.2, 0.25) is 0 Å². The SMILES string of the molecule is CN(CCCCc1c[nH]c2ccccc12)CCN(C)c1ccccn1. The summed E-state index contributed by atoms with van der Waals surface area (Å²) in [4.78, 5) is 12.4. The summed E-state index contributed by atoms with van der Waals surface area (Å²) >= 11 is 0. The van der Waals surface area contributed by atoms with Crippen molar-refractivity contribution in [2.75, 3.05) is 38.6 Å². The van der Waals surface area contributed by atoms with Crippen LogP contribution in [0.1, 0.15) is 18.4 Å². The molecule has 2 heterocycles. The van der Waals surface area contributed by atoms with Crippen molar-refractivity contribution in [3.8, 4) is 0 Å². The predicted molar refractivity (Wildman–Crippen MR) is 106 cm³/mol. The van der Waals surface area contributed by atoms with E-state index in [0.717, 1.165) is 31.9 Å². The molecule has 0 saturated carbocycles. The third-order valence-corrected chi connectivity index (χ3v) is 4.77. The molecule has 0 bridgehead atoms. The van der Waals surface area contributed by atoms with Crippen molar-refractivity contribution in [2.24, 2.45) is 0 Å². The molecule has 0 aliphatic rings. The van der Waals surface area contributed by atoms with E-state index < -0.39 is 0 Å². The molecule has 1 N–H and O–H groups in total. The Morgan fingerprint density at radius 2 is 1.76 bits per heavy atom. The molecule has 2 aromatic heterocycles. The molecule has 0 amide bonds. The zero-order valence-electron chi connectivity index (χ0n) is 15.3. The summed E-state index contributed by atoms with van der Waals surface area (Å²) in [5.74, 6) is 1.04. The third-order valence-electron chi connectivity index (χ3n) is 4.77. The first-order chi connectivity index (χ1) is 12.2. The molecule has 4 heteroatoms. The highest BCUT2D eigenvalue weighted by Gasteiger charge is 2.05. The number of likely N-dealkylation sites (N-methyl/N-ethyl adjacent to an activating group) is 2. The lowest BCUT2D eigenvalue weighted by molar-refractivity contribution is 0.333. The van der Waals surface area contributed by atoms with Crippen LogP contribution in [0.25, 0.3) is 10.9 Å². The Kier molecular flexibility index (Phi) is 6.07. The number of benzene rings is 1. The standard InChI is InChI=1S/C21H28N4/c1-24(15-16-25(2)21-12-5-7-13-22-21)14-8-6-9-18-17-23-20-11-4-3-10-19(18)20/h3-5,7,10-13,17,23H,6,8-9,14-16H2,1-2H3. The lowest BCUT2D eigenvalue weighted by atomic mass is 10.1. The Balaban J connectivity index is 1.36. The number of pyridine rings is 1. The second-order valence-corrected chi connectivity index (χ2v) is 6.73. The van der Waals surface area contributed by atoms with Gasteiger partial charge in [-0.15, -0.1) is 0 Å². The Labute approximate surface area is 150 Å². The van der Waals surface area contributed by atoms with Gasteiger partial charge in [0.1, 0.15) is 5.82 Å². The molecule has 0 saturated heterocycles. The van der Waals surface area contributed by atoms with Crippen LogP contribution in [0.4, 0.5) is 5.82 Å². The normalized spacial score (nSPS) is 11.3. The maximum Gasteiger partial charge on any atom is 0.128 e. The van der Waals surface area contributed by atoms with Crippen molar-refractivity contribution in [1.82, 2.24) is 14.9 Å². The molecule has 0 aliphatic carbocycles. The van der Waals surface area contributed by atoms with Gasteiger partial charge in [0.25, 0.3) is 0 Å². The van der Waals surface area contributed by atoms with E-state index in [9.17, 15) is 0 Å². The number of aryl methyl sites for hydroxylation is 1. The largest absolute Gasteiger partial charge is 0.361 e. The van der Waals surface area contributed by atoms with Crippen LogP contribution in [0.3, 0.4) is 0 Å². The number of hydrogen-bond donors (Lipinski definition) is 1. The number of H-pyrrole nitrogens is 1. The Bertz CT molecular complexity index is 766. The van der Waals surface area contributed by atoms with E-state index in [1.807, 2.05) is 18.3 Å². The highest BCUT2D eigenvalue weighted by molar-refractivity contribution is 5.82. The van der Waals surface area contributed by atoms with Crippen molar-refractivity contribution in [1.29, 1.82) is 0 Å². The Morgan fingerprint density at radius 1 is 0.920 bits per heavy atom. The van der Waals surface area contributed by atoms with E-state index in [1.165, 1.54) is 29.3 Å². The van der Waals surface area contributed by atoms with Crippen molar-refractivity contribution >= 4 is 16.7 Å². The average Bonchev–Trinajstić information content (AvgIpc) is 3.07. The van der Waals surface area contributed by atoms with E-state index in [0.29, 0.717) is 0 Å². The fraction of sp³-hybridized carbons (Fsp3) is 0.381. The Hall–Kier alpha value is -2.33. The molecule has 132 valence electrons. The molecule has 0 spiro atoms. The number of fused-ring (bicyclic) bond motifs is 1. The van der Waals surface area contributed by atoms with Gasteiger partial charge in [0, 0.05) is 43.4 Å². The first-order valence-electron chi connectivity index (χ1n) is 9.10. The van der Waals surface area contributed by atoms with Crippen LogP contribution in [0.5, 0.6) is 0 Å². The van der Waals surface area contributed by atoms with E-state index in [-0.39, 0.29) is 0 Å². The molecule has 4 nitrogen and oxygen atoms in total. The summed E-state index contributed by atoms with van der Waals surface area (Å²) in [5, 5.41) is 1.37. The average molecular weight is 336 g/mol. The minimum absolute atomic E-state index is 0.996. The third kappa shape index (κ3) is 4.83. The summed E-state index contributed by atoms with van der Waals surface area (Å²) in [5.41, 5.74) is 2.68. The molecule has 1 aromatic carbocycles. The second kappa shape index (κ2) is 8.67. The number of anilines is 1. The summed E-state index contributed by atoms with van der Waals surface area (Å²) in [6, 6.07) is 14.6. The number of aromatic nitrogens is 2. The molecular weight excluding hydrogens is 308 g/mol. The van der Waals surface area contributed by atoms with Crippen LogP contribution in [0.15, 0.2) is 54.9 Å². The highest BCUT2D eigenvalue weighted by Crippen LogP contribution is 2.19. The smallest absolute Gasteiger partial charge is 0.128 e. The van der Waals surface area contributed by atoms with Crippen LogP contribution in [-0.4, -0.2) is 48.6 Å². The number of nitrogens with zero attached hydrogens (tertiary/aromatic N) is 3. The number of aromatic amines is 1. The van der Waals surface area contributed by atoms with Crippen LogP contribution in [-0.2, 0) is 6.42 Å². The molecule has 0 aliphatic heterocycles. The number of nitrogens with one attached hydrogen (secondary N) is 1. The monoisotopic (exact) mass is 336 g/mol. The molecular formula is C21H28N4. The zero-order chi connectivity index (χ0) is 17.5. The minimum Gasteiger partial charge on any atom is -0.361 e. The molecule has 0 unspecified atom stereocenters. The van der Waals surface area contributed by atoms with Crippen molar-refractivity contribution in [3.05, 3.63) is 60.4 Å². The van der Waals surface area contributed by atoms with E-state index in [4.69, 9.17) is 0 Å². The number of hydrogen-bond acceptors (Lipinski definition) is 3. The summed E-state index contributed by atoms with van der Waals surface area (Å²) in [6.07, 6.45) is 7.60. The summed E-state index contributed by atoms with van der Waals surface area (Å²) in [6.45, 7) is 3.19. The lowest BCUT2D eigenvalue weighted by Crippen LogP contribution is -2.31. The van der Waals surface area contributed by atoms with Crippen molar-refractivity contribution < 1.29 is 0 Å². The number of rotatable bonds is 9. The maximum atomic E-state index is 4.39. The second-order valence-electron chi connectivity index (χ2n) is 6.73. The van der Waals surface area contributed by atoms with Crippen molar-refractivity contribution in [3.63, 3.8) is 0 Å². The maximum absolute atomic E-state index is 4.39. The fourth-order valence-corrected chi connectivity index (χ4v) is 3.16. The summed E-state index contributed by atoms with van der Waals surface area (Å²) in [7, 11) is 4.31. The van der Waals surface area contributed by atoms with Gasteiger partial charge in [-0.1, -0.05) is 24.3 Å². The van der Waals surface area contributed by atoms with Gasteiger partial charge in [-0.25, -0.2) is 4.98 Å². The highest BCUT2D eigenvalue weighted by atomic mass is 15.2. The lowest BCUT2D eigenvalue weighted by Gasteiger charge is -2.22. The van der Waals surface area contributed by atoms with Gasteiger partial charge in [-0.2, -0.15) is 0 Å². The van der Waals surface area contributed by atoms with Gasteiger partial charge in [0.15, 0.2) is 0 Å². The van der Waals surface area contributed by atoms with Gasteiger partial charge in [-0.3, -0.25) is 0 Å².